The minimum absolute atomic E-state index is 0.229. The molecule has 2 N–H and O–H groups in total. The Morgan fingerprint density at radius 2 is 2.19 bits per heavy atom. The smallest absolute Gasteiger partial charge is 0.258 e. The Morgan fingerprint density at radius 1 is 1.29 bits per heavy atom. The van der Waals surface area contributed by atoms with Crippen molar-refractivity contribution in [2.24, 2.45) is 0 Å². The molecule has 0 aliphatic carbocycles. The maximum Gasteiger partial charge on any atom is 0.258 e. The minimum atomic E-state index is -1.47. The number of aliphatic hydroxyl groups is 1. The molecule has 0 spiro atoms. The summed E-state index contributed by atoms with van der Waals surface area (Å²) in [6, 6.07) is 9.50. The number of likely N-dealkylation sites (N-methyl/N-ethyl adjacent to an activating group) is 1. The molecule has 2 aliphatic heterocycles. The summed E-state index contributed by atoms with van der Waals surface area (Å²) in [7, 11) is 1.71. The van der Waals surface area contributed by atoms with Gasteiger partial charge in [0, 0.05) is 43.8 Å². The van der Waals surface area contributed by atoms with Gasteiger partial charge in [0.2, 0.25) is 5.95 Å². The molecule has 2 atom stereocenters. The molecule has 9 heteroatoms. The number of hydrogen-bond acceptors (Lipinski definition) is 8. The first-order valence-electron chi connectivity index (χ1n) is 10.2. The van der Waals surface area contributed by atoms with Crippen LogP contribution in [0.5, 0.6) is 0 Å². The lowest BCUT2D eigenvalue weighted by atomic mass is 9.91. The van der Waals surface area contributed by atoms with E-state index in [1.165, 1.54) is 11.3 Å². The van der Waals surface area contributed by atoms with Gasteiger partial charge in [-0.05, 0) is 24.1 Å². The summed E-state index contributed by atoms with van der Waals surface area (Å²) >= 11 is 1.50. The second-order valence-electron chi connectivity index (χ2n) is 7.93. The van der Waals surface area contributed by atoms with E-state index >= 15 is 0 Å². The molecule has 2 aromatic heterocycles. The molecular formula is C22H23N5O3S. The van der Waals surface area contributed by atoms with Gasteiger partial charge in [-0.25, -0.2) is 15.0 Å². The molecule has 0 radical (unpaired) electrons. The van der Waals surface area contributed by atoms with E-state index in [1.807, 2.05) is 29.6 Å². The fourth-order valence-electron chi connectivity index (χ4n) is 3.96. The Hall–Kier alpha value is -2.88. The van der Waals surface area contributed by atoms with Gasteiger partial charge in [0.05, 0.1) is 18.3 Å². The first-order chi connectivity index (χ1) is 15.0. The standard InChI is InChI=1S/C22H23N5O3S/c1-27-9-7-22(29,20(27)28)15-4-2-3-14(11-15)19-25-18(13-31-19)17-5-8-23-21(26-17)24-16-6-10-30-12-16/h2-5,8,11,13,16,29H,6-7,9-10,12H2,1H3,(H,23,24,26)/t16?,22-/m1/s1. The van der Waals surface area contributed by atoms with Crippen molar-refractivity contribution < 1.29 is 14.6 Å². The van der Waals surface area contributed by atoms with E-state index in [1.54, 1.807) is 24.2 Å². The number of rotatable bonds is 5. The summed E-state index contributed by atoms with van der Waals surface area (Å²) in [6.07, 6.45) is 3.05. The molecule has 1 unspecified atom stereocenters. The molecule has 8 nitrogen and oxygen atoms in total. The molecular weight excluding hydrogens is 414 g/mol. The summed E-state index contributed by atoms with van der Waals surface area (Å²) in [5, 5.41) is 17.0. The number of nitrogens with zero attached hydrogens (tertiary/aromatic N) is 4. The van der Waals surface area contributed by atoms with Gasteiger partial charge in [-0.3, -0.25) is 4.79 Å². The highest BCUT2D eigenvalue weighted by Gasteiger charge is 2.45. The zero-order valence-corrected chi connectivity index (χ0v) is 17.9. The number of likely N-dealkylation sites (tertiary alicyclic amines) is 1. The number of benzene rings is 1. The van der Waals surface area contributed by atoms with Crippen molar-refractivity contribution >= 4 is 23.2 Å². The Morgan fingerprint density at radius 3 is 2.97 bits per heavy atom. The molecule has 3 aromatic rings. The summed E-state index contributed by atoms with van der Waals surface area (Å²) in [5.41, 5.74) is 1.49. The van der Waals surface area contributed by atoms with Gasteiger partial charge in [-0.1, -0.05) is 18.2 Å². The van der Waals surface area contributed by atoms with Crippen molar-refractivity contribution in [2.45, 2.75) is 24.5 Å². The van der Waals surface area contributed by atoms with Crippen molar-refractivity contribution in [1.82, 2.24) is 19.9 Å². The third-order valence-corrected chi connectivity index (χ3v) is 6.67. The molecule has 2 fully saturated rings. The van der Waals surface area contributed by atoms with E-state index in [-0.39, 0.29) is 11.9 Å². The van der Waals surface area contributed by atoms with Crippen LogP contribution in [0.25, 0.3) is 22.0 Å². The van der Waals surface area contributed by atoms with E-state index in [0.717, 1.165) is 35.0 Å². The zero-order valence-electron chi connectivity index (χ0n) is 17.1. The number of carbonyl (C=O) groups is 1. The van der Waals surface area contributed by atoms with Crippen molar-refractivity contribution in [3.8, 4) is 22.0 Å². The van der Waals surface area contributed by atoms with E-state index in [2.05, 4.69) is 15.3 Å². The van der Waals surface area contributed by atoms with E-state index in [4.69, 9.17) is 9.72 Å². The lowest BCUT2D eigenvalue weighted by Crippen LogP contribution is -2.36. The van der Waals surface area contributed by atoms with Gasteiger partial charge in [-0.15, -0.1) is 11.3 Å². The van der Waals surface area contributed by atoms with Crippen molar-refractivity contribution in [3.05, 3.63) is 47.5 Å². The predicted molar refractivity (Wildman–Crippen MR) is 118 cm³/mol. The van der Waals surface area contributed by atoms with Crippen LogP contribution in [0.15, 0.2) is 41.9 Å². The molecule has 0 bridgehead atoms. The Labute approximate surface area is 183 Å². The molecule has 1 amide bonds. The number of thiazole rings is 1. The van der Waals surface area contributed by atoms with E-state index in [0.29, 0.717) is 31.1 Å². The molecule has 5 rings (SSSR count). The number of carbonyl (C=O) groups excluding carboxylic acids is 1. The van der Waals surface area contributed by atoms with Crippen LogP contribution in [-0.4, -0.2) is 63.7 Å². The van der Waals surface area contributed by atoms with Gasteiger partial charge in [0.15, 0.2) is 5.60 Å². The Kier molecular flexibility index (Phi) is 5.17. The normalized spacial score (nSPS) is 23.5. The van der Waals surface area contributed by atoms with Crippen molar-refractivity contribution in [3.63, 3.8) is 0 Å². The van der Waals surface area contributed by atoms with Crippen LogP contribution >= 0.6 is 11.3 Å². The number of ether oxygens (including phenoxy) is 1. The predicted octanol–water partition coefficient (Wildman–Crippen LogP) is 2.52. The van der Waals surface area contributed by atoms with Crippen LogP contribution in [0.2, 0.25) is 0 Å². The lowest BCUT2D eigenvalue weighted by Gasteiger charge is -2.21. The fraction of sp³-hybridized carbons (Fsp3) is 0.364. The molecule has 160 valence electrons. The Bertz CT molecular complexity index is 1110. The lowest BCUT2D eigenvalue weighted by molar-refractivity contribution is -0.143. The molecule has 4 heterocycles. The van der Waals surface area contributed by atoms with Crippen LogP contribution in [-0.2, 0) is 15.1 Å². The highest BCUT2D eigenvalue weighted by molar-refractivity contribution is 7.13. The van der Waals surface area contributed by atoms with Gasteiger partial charge >= 0.3 is 0 Å². The summed E-state index contributed by atoms with van der Waals surface area (Å²) in [6.45, 7) is 1.95. The zero-order chi connectivity index (χ0) is 21.4. The quantitative estimate of drug-likeness (QED) is 0.633. The molecule has 2 saturated heterocycles. The van der Waals surface area contributed by atoms with Crippen molar-refractivity contribution in [1.29, 1.82) is 0 Å². The number of amides is 1. The van der Waals surface area contributed by atoms with Crippen LogP contribution < -0.4 is 5.32 Å². The third-order valence-electron chi connectivity index (χ3n) is 5.78. The van der Waals surface area contributed by atoms with Gasteiger partial charge in [0.25, 0.3) is 5.91 Å². The van der Waals surface area contributed by atoms with Gasteiger partial charge in [-0.2, -0.15) is 0 Å². The maximum absolute atomic E-state index is 12.5. The first-order valence-corrected chi connectivity index (χ1v) is 11.1. The monoisotopic (exact) mass is 437 g/mol. The average molecular weight is 438 g/mol. The molecule has 2 aliphatic rings. The Balaban J connectivity index is 1.40. The molecule has 1 aromatic carbocycles. The van der Waals surface area contributed by atoms with Crippen molar-refractivity contribution in [2.75, 3.05) is 32.1 Å². The van der Waals surface area contributed by atoms with E-state index < -0.39 is 5.60 Å². The van der Waals surface area contributed by atoms with Crippen LogP contribution in [0.3, 0.4) is 0 Å². The van der Waals surface area contributed by atoms with Gasteiger partial charge < -0.3 is 20.1 Å². The number of hydrogen-bond donors (Lipinski definition) is 2. The molecule has 0 saturated carbocycles. The SMILES string of the molecule is CN1CC[C@@](O)(c2cccc(-c3nc(-c4ccnc(NC5CCOC5)n4)cs3)c2)C1=O. The van der Waals surface area contributed by atoms with E-state index in [9.17, 15) is 9.90 Å². The van der Waals surface area contributed by atoms with Crippen LogP contribution in [0, 0.1) is 0 Å². The highest BCUT2D eigenvalue weighted by atomic mass is 32.1. The maximum atomic E-state index is 12.5. The third kappa shape index (κ3) is 3.80. The summed E-state index contributed by atoms with van der Waals surface area (Å²) in [4.78, 5) is 27.7. The average Bonchev–Trinajstić information content (AvgIpc) is 3.54. The van der Waals surface area contributed by atoms with Crippen LogP contribution in [0.4, 0.5) is 5.95 Å². The fourth-order valence-corrected chi connectivity index (χ4v) is 4.77. The second kappa shape index (κ2) is 7.99. The largest absolute Gasteiger partial charge is 0.379 e. The van der Waals surface area contributed by atoms with Gasteiger partial charge in [0.1, 0.15) is 10.7 Å². The number of anilines is 1. The minimum Gasteiger partial charge on any atom is -0.379 e. The second-order valence-corrected chi connectivity index (χ2v) is 8.78. The first kappa shape index (κ1) is 20.0. The summed E-state index contributed by atoms with van der Waals surface area (Å²) in [5.74, 6) is 0.300. The van der Waals surface area contributed by atoms with Crippen LogP contribution in [0.1, 0.15) is 18.4 Å². The number of nitrogens with one attached hydrogen (secondary N) is 1. The topological polar surface area (TPSA) is 100 Å². The number of aromatic nitrogens is 3. The highest BCUT2D eigenvalue weighted by Crippen LogP contribution is 2.36. The molecule has 31 heavy (non-hydrogen) atoms. The summed E-state index contributed by atoms with van der Waals surface area (Å²) < 4.78 is 5.39.